The molecule has 0 aromatic carbocycles. The van der Waals surface area contributed by atoms with Crippen molar-refractivity contribution in [1.82, 2.24) is 5.32 Å². The van der Waals surface area contributed by atoms with Gasteiger partial charge in [-0.1, -0.05) is 0 Å². The number of hydrogen-bond donors (Lipinski definition) is 1. The van der Waals surface area contributed by atoms with Gasteiger partial charge in [-0.3, -0.25) is 4.79 Å². The molecular weight excluding hydrogens is 290 g/mol. The Morgan fingerprint density at radius 1 is 1.69 bits per heavy atom. The molecule has 1 atom stereocenters. The Kier molecular flexibility index (Phi) is 6.01. The summed E-state index contributed by atoms with van der Waals surface area (Å²) in [5.74, 6) is -0.144. The molecule has 1 N–H and O–H groups in total. The summed E-state index contributed by atoms with van der Waals surface area (Å²) in [4.78, 5) is 12.4. The SMILES string of the molecule is CCOC(=O)CCNC(C)c1cc(Br)cs1. The zero-order chi connectivity index (χ0) is 12.0. The first-order valence-electron chi connectivity index (χ1n) is 5.26. The molecule has 0 aliphatic carbocycles. The first-order valence-corrected chi connectivity index (χ1v) is 6.93. The van der Waals surface area contributed by atoms with Crippen molar-refractivity contribution < 1.29 is 9.53 Å². The van der Waals surface area contributed by atoms with Crippen molar-refractivity contribution in [2.45, 2.75) is 26.3 Å². The predicted octanol–water partition coefficient (Wildman–Crippen LogP) is 3.11. The van der Waals surface area contributed by atoms with Crippen LogP contribution in [0.1, 0.15) is 31.2 Å². The summed E-state index contributed by atoms with van der Waals surface area (Å²) in [6.45, 7) is 5.00. The average molecular weight is 306 g/mol. The molecule has 5 heteroatoms. The minimum Gasteiger partial charge on any atom is -0.466 e. The third kappa shape index (κ3) is 4.63. The quantitative estimate of drug-likeness (QED) is 0.821. The maximum atomic E-state index is 11.1. The van der Waals surface area contributed by atoms with Crippen molar-refractivity contribution in [2.24, 2.45) is 0 Å². The first kappa shape index (κ1) is 13.7. The minimum atomic E-state index is -0.144. The molecule has 16 heavy (non-hydrogen) atoms. The van der Waals surface area contributed by atoms with Crippen LogP contribution in [0.3, 0.4) is 0 Å². The van der Waals surface area contributed by atoms with Crippen molar-refractivity contribution in [3.05, 3.63) is 20.8 Å². The molecule has 0 spiro atoms. The summed E-state index contributed by atoms with van der Waals surface area (Å²) < 4.78 is 5.95. The van der Waals surface area contributed by atoms with Crippen molar-refractivity contribution in [3.63, 3.8) is 0 Å². The standard InChI is InChI=1S/C11H16BrNO2S/c1-3-15-11(14)4-5-13-8(2)10-6-9(12)7-16-10/h6-8,13H,3-5H2,1-2H3. The van der Waals surface area contributed by atoms with E-state index in [1.807, 2.05) is 6.92 Å². The van der Waals surface area contributed by atoms with E-state index in [-0.39, 0.29) is 12.0 Å². The van der Waals surface area contributed by atoms with Gasteiger partial charge in [-0.15, -0.1) is 11.3 Å². The highest BCUT2D eigenvalue weighted by Gasteiger charge is 2.08. The normalized spacial score (nSPS) is 12.4. The third-order valence-electron chi connectivity index (χ3n) is 2.10. The summed E-state index contributed by atoms with van der Waals surface area (Å²) in [7, 11) is 0. The predicted molar refractivity (Wildman–Crippen MR) is 69.7 cm³/mol. The highest BCUT2D eigenvalue weighted by molar-refractivity contribution is 9.10. The van der Waals surface area contributed by atoms with E-state index >= 15 is 0 Å². The van der Waals surface area contributed by atoms with Gasteiger partial charge < -0.3 is 10.1 Å². The van der Waals surface area contributed by atoms with E-state index in [9.17, 15) is 4.79 Å². The first-order chi connectivity index (χ1) is 7.63. The zero-order valence-electron chi connectivity index (χ0n) is 9.46. The van der Waals surface area contributed by atoms with E-state index < -0.39 is 0 Å². The number of carbonyl (C=O) groups is 1. The summed E-state index contributed by atoms with van der Waals surface area (Å²) in [5, 5.41) is 5.34. The number of halogens is 1. The highest BCUT2D eigenvalue weighted by atomic mass is 79.9. The van der Waals surface area contributed by atoms with E-state index in [0.717, 1.165) is 4.47 Å². The van der Waals surface area contributed by atoms with Gasteiger partial charge in [0.25, 0.3) is 0 Å². The van der Waals surface area contributed by atoms with Gasteiger partial charge >= 0.3 is 5.97 Å². The largest absolute Gasteiger partial charge is 0.466 e. The van der Waals surface area contributed by atoms with Gasteiger partial charge in [0, 0.05) is 27.3 Å². The van der Waals surface area contributed by atoms with Crippen LogP contribution in [0.2, 0.25) is 0 Å². The van der Waals surface area contributed by atoms with Crippen LogP contribution in [0.4, 0.5) is 0 Å². The van der Waals surface area contributed by atoms with Crippen LogP contribution < -0.4 is 5.32 Å². The van der Waals surface area contributed by atoms with Gasteiger partial charge in [0.15, 0.2) is 0 Å². The summed E-state index contributed by atoms with van der Waals surface area (Å²) in [6.07, 6.45) is 0.421. The van der Waals surface area contributed by atoms with Crippen LogP contribution in [-0.4, -0.2) is 19.1 Å². The van der Waals surface area contributed by atoms with Gasteiger partial charge in [0.1, 0.15) is 0 Å². The van der Waals surface area contributed by atoms with E-state index in [4.69, 9.17) is 4.74 Å². The molecule has 0 saturated heterocycles. The summed E-state index contributed by atoms with van der Waals surface area (Å²) >= 11 is 5.12. The molecule has 0 bridgehead atoms. The second-order valence-electron chi connectivity index (χ2n) is 3.40. The van der Waals surface area contributed by atoms with E-state index in [2.05, 4.69) is 39.6 Å². The molecule has 0 fully saturated rings. The molecule has 0 aliphatic rings. The number of nitrogens with one attached hydrogen (secondary N) is 1. The minimum absolute atomic E-state index is 0.144. The smallest absolute Gasteiger partial charge is 0.307 e. The topological polar surface area (TPSA) is 38.3 Å². The average Bonchev–Trinajstić information content (AvgIpc) is 2.65. The van der Waals surface area contributed by atoms with Gasteiger partial charge in [-0.2, -0.15) is 0 Å². The molecule has 1 rings (SSSR count). The van der Waals surface area contributed by atoms with Gasteiger partial charge in [-0.25, -0.2) is 0 Å². The molecule has 0 saturated carbocycles. The number of ether oxygens (including phenoxy) is 1. The maximum absolute atomic E-state index is 11.1. The molecule has 0 aliphatic heterocycles. The van der Waals surface area contributed by atoms with Crippen molar-refractivity contribution >= 4 is 33.2 Å². The number of esters is 1. The molecule has 1 aromatic rings. The van der Waals surface area contributed by atoms with Crippen LogP contribution in [0, 0.1) is 0 Å². The number of hydrogen-bond acceptors (Lipinski definition) is 4. The number of carbonyl (C=O) groups excluding carboxylic acids is 1. The molecular formula is C11H16BrNO2S. The zero-order valence-corrected chi connectivity index (χ0v) is 11.9. The fourth-order valence-corrected chi connectivity index (χ4v) is 2.76. The lowest BCUT2D eigenvalue weighted by Crippen LogP contribution is -2.22. The van der Waals surface area contributed by atoms with Crippen LogP contribution in [0.25, 0.3) is 0 Å². The van der Waals surface area contributed by atoms with Crippen molar-refractivity contribution in [2.75, 3.05) is 13.2 Å². The van der Waals surface area contributed by atoms with Crippen molar-refractivity contribution in [3.8, 4) is 0 Å². The van der Waals surface area contributed by atoms with Gasteiger partial charge in [0.2, 0.25) is 0 Å². The van der Waals surface area contributed by atoms with E-state index in [1.165, 1.54) is 4.88 Å². The molecule has 1 aromatic heterocycles. The van der Waals surface area contributed by atoms with E-state index in [0.29, 0.717) is 19.6 Å². The van der Waals surface area contributed by atoms with Crippen LogP contribution in [0.15, 0.2) is 15.9 Å². The molecule has 0 radical (unpaired) electrons. The molecule has 1 unspecified atom stereocenters. The van der Waals surface area contributed by atoms with Crippen LogP contribution >= 0.6 is 27.3 Å². The molecule has 90 valence electrons. The van der Waals surface area contributed by atoms with Gasteiger partial charge in [0.05, 0.1) is 13.0 Å². The summed E-state index contributed by atoms with van der Waals surface area (Å²) in [5.41, 5.74) is 0. The van der Waals surface area contributed by atoms with Crippen LogP contribution in [0.5, 0.6) is 0 Å². The Balaban J connectivity index is 2.25. The second kappa shape index (κ2) is 7.04. The number of thiophene rings is 1. The molecule has 3 nitrogen and oxygen atoms in total. The monoisotopic (exact) mass is 305 g/mol. The lowest BCUT2D eigenvalue weighted by molar-refractivity contribution is -0.142. The van der Waals surface area contributed by atoms with Crippen LogP contribution in [-0.2, 0) is 9.53 Å². The Bertz CT molecular complexity index is 340. The lowest BCUT2D eigenvalue weighted by atomic mass is 10.2. The Labute approximate surface area is 108 Å². The van der Waals surface area contributed by atoms with Gasteiger partial charge in [-0.05, 0) is 35.8 Å². The molecule has 0 amide bonds. The Morgan fingerprint density at radius 3 is 3.00 bits per heavy atom. The lowest BCUT2D eigenvalue weighted by Gasteiger charge is -2.11. The fourth-order valence-electron chi connectivity index (χ4n) is 1.28. The van der Waals surface area contributed by atoms with Crippen molar-refractivity contribution in [1.29, 1.82) is 0 Å². The fraction of sp³-hybridized carbons (Fsp3) is 0.545. The Hall–Kier alpha value is -0.390. The third-order valence-corrected chi connectivity index (χ3v) is 3.98. The Morgan fingerprint density at radius 2 is 2.44 bits per heavy atom. The number of rotatable bonds is 6. The molecule has 1 heterocycles. The summed E-state index contributed by atoms with van der Waals surface area (Å²) in [6, 6.07) is 2.36. The maximum Gasteiger partial charge on any atom is 0.307 e. The second-order valence-corrected chi connectivity index (χ2v) is 5.26. The highest BCUT2D eigenvalue weighted by Crippen LogP contribution is 2.25. The van der Waals surface area contributed by atoms with E-state index in [1.54, 1.807) is 11.3 Å².